The molecule has 2 aromatic carbocycles. The molecule has 1 saturated heterocycles. The Kier molecular flexibility index (Phi) is 7.08. The smallest absolute Gasteiger partial charge is 0.253 e. The summed E-state index contributed by atoms with van der Waals surface area (Å²) in [5.74, 6) is 0.000363. The fourth-order valence-electron chi connectivity index (χ4n) is 4.48. The number of likely N-dealkylation sites (N-methyl/N-ethyl adjacent to an activating group) is 1. The molecule has 1 amide bonds. The van der Waals surface area contributed by atoms with Gasteiger partial charge in [-0.05, 0) is 38.1 Å². The summed E-state index contributed by atoms with van der Waals surface area (Å²) in [6, 6.07) is 22.7. The first-order chi connectivity index (χ1) is 15.5. The van der Waals surface area contributed by atoms with E-state index in [2.05, 4.69) is 70.1 Å². The van der Waals surface area contributed by atoms with Gasteiger partial charge in [-0.1, -0.05) is 60.7 Å². The summed E-state index contributed by atoms with van der Waals surface area (Å²) >= 11 is 0. The molecule has 1 aliphatic rings. The minimum absolute atomic E-state index is 0.000363. The number of carbonyl (C=O) groups excluding carboxylic acids is 1. The van der Waals surface area contributed by atoms with Crippen LogP contribution in [0, 0.1) is 13.8 Å². The van der Waals surface area contributed by atoms with Gasteiger partial charge < -0.3 is 14.8 Å². The van der Waals surface area contributed by atoms with E-state index in [0.29, 0.717) is 0 Å². The summed E-state index contributed by atoms with van der Waals surface area (Å²) in [7, 11) is 2.17. The summed E-state index contributed by atoms with van der Waals surface area (Å²) in [6.45, 7) is 9.91. The first-order valence-electron chi connectivity index (χ1n) is 11.5. The van der Waals surface area contributed by atoms with E-state index in [4.69, 9.17) is 0 Å². The summed E-state index contributed by atoms with van der Waals surface area (Å²) in [4.78, 5) is 18.2. The lowest BCUT2D eigenvalue weighted by Crippen LogP contribution is -2.47. The Morgan fingerprint density at radius 2 is 1.56 bits per heavy atom. The van der Waals surface area contributed by atoms with E-state index in [1.165, 1.54) is 5.56 Å². The molecule has 0 spiro atoms. The molecule has 1 fully saturated rings. The van der Waals surface area contributed by atoms with Gasteiger partial charge in [-0.25, -0.2) is 0 Å². The van der Waals surface area contributed by atoms with Crippen molar-refractivity contribution in [3.05, 3.63) is 94.8 Å². The highest BCUT2D eigenvalue weighted by Crippen LogP contribution is 2.20. The van der Waals surface area contributed by atoms with Gasteiger partial charge in [0, 0.05) is 50.7 Å². The van der Waals surface area contributed by atoms with Gasteiger partial charge in [0.05, 0.1) is 11.6 Å². The van der Waals surface area contributed by atoms with Gasteiger partial charge in [0.15, 0.2) is 0 Å². The van der Waals surface area contributed by atoms with Gasteiger partial charge in [-0.3, -0.25) is 9.69 Å². The molecule has 4 rings (SSSR count). The van der Waals surface area contributed by atoms with E-state index in [9.17, 15) is 4.79 Å². The monoisotopic (exact) mass is 430 g/mol. The maximum absolute atomic E-state index is 13.4. The van der Waals surface area contributed by atoms with Crippen LogP contribution in [0.2, 0.25) is 0 Å². The van der Waals surface area contributed by atoms with E-state index in [0.717, 1.165) is 61.8 Å². The molecule has 0 bridgehead atoms. The second-order valence-corrected chi connectivity index (χ2v) is 8.90. The summed E-state index contributed by atoms with van der Waals surface area (Å²) in [5.41, 5.74) is 5.26. The topological polar surface area (TPSA) is 40.5 Å². The molecule has 3 aromatic rings. The van der Waals surface area contributed by atoms with Gasteiger partial charge >= 0.3 is 0 Å². The van der Waals surface area contributed by atoms with E-state index in [-0.39, 0.29) is 11.9 Å². The van der Waals surface area contributed by atoms with Crippen molar-refractivity contribution in [3.63, 3.8) is 0 Å². The van der Waals surface area contributed by atoms with Crippen LogP contribution in [-0.2, 0) is 6.54 Å². The first-order valence-corrected chi connectivity index (χ1v) is 11.5. The van der Waals surface area contributed by atoms with Crippen molar-refractivity contribution in [1.82, 2.24) is 19.7 Å². The number of nitrogens with zero attached hydrogens (tertiary/aromatic N) is 3. The van der Waals surface area contributed by atoms with Crippen molar-refractivity contribution in [2.75, 3.05) is 39.8 Å². The Morgan fingerprint density at radius 1 is 0.938 bits per heavy atom. The molecule has 5 nitrogen and oxygen atoms in total. The number of hydrogen-bond acceptors (Lipinski definition) is 3. The lowest BCUT2D eigenvalue weighted by molar-refractivity contribution is 0.0906. The van der Waals surface area contributed by atoms with Crippen LogP contribution in [0.1, 0.15) is 38.9 Å². The highest BCUT2D eigenvalue weighted by Gasteiger charge is 2.23. The van der Waals surface area contributed by atoms with Crippen LogP contribution in [0.5, 0.6) is 0 Å². The van der Waals surface area contributed by atoms with E-state index in [1.54, 1.807) is 0 Å². The number of piperazine rings is 1. The van der Waals surface area contributed by atoms with E-state index in [1.807, 2.05) is 37.3 Å². The molecule has 2 heterocycles. The van der Waals surface area contributed by atoms with Crippen molar-refractivity contribution in [1.29, 1.82) is 0 Å². The number of nitrogens with one attached hydrogen (secondary N) is 1. The third kappa shape index (κ3) is 5.29. The van der Waals surface area contributed by atoms with Crippen LogP contribution in [-0.4, -0.2) is 60.0 Å². The predicted molar refractivity (Wildman–Crippen MR) is 130 cm³/mol. The second kappa shape index (κ2) is 10.2. The quantitative estimate of drug-likeness (QED) is 0.619. The zero-order valence-corrected chi connectivity index (χ0v) is 19.4. The lowest BCUT2D eigenvalue weighted by atomic mass is 10.0. The Balaban J connectivity index is 1.52. The normalized spacial score (nSPS) is 16.1. The van der Waals surface area contributed by atoms with Gasteiger partial charge in [0.25, 0.3) is 5.91 Å². The van der Waals surface area contributed by atoms with E-state index >= 15 is 0 Å². The zero-order chi connectivity index (χ0) is 22.5. The number of hydrogen-bond donors (Lipinski definition) is 1. The molecule has 0 radical (unpaired) electrons. The van der Waals surface area contributed by atoms with Crippen molar-refractivity contribution in [2.45, 2.75) is 26.4 Å². The van der Waals surface area contributed by atoms with Crippen LogP contribution < -0.4 is 5.32 Å². The van der Waals surface area contributed by atoms with Gasteiger partial charge in [0.2, 0.25) is 0 Å². The number of aryl methyl sites for hydroxylation is 1. The molecule has 1 aromatic heterocycles. The number of rotatable bonds is 7. The van der Waals surface area contributed by atoms with Crippen molar-refractivity contribution in [2.24, 2.45) is 0 Å². The number of benzene rings is 2. The Hall–Kier alpha value is -2.89. The van der Waals surface area contributed by atoms with Crippen LogP contribution in [0.4, 0.5) is 0 Å². The third-order valence-corrected chi connectivity index (χ3v) is 6.55. The fraction of sp³-hybridized carbons (Fsp3) is 0.370. The Morgan fingerprint density at radius 3 is 2.22 bits per heavy atom. The zero-order valence-electron chi connectivity index (χ0n) is 19.4. The minimum atomic E-state index is -0.0377. The second-order valence-electron chi connectivity index (χ2n) is 8.90. The molecular formula is C27H34N4O. The highest BCUT2D eigenvalue weighted by atomic mass is 16.1. The molecule has 1 aliphatic heterocycles. The lowest BCUT2D eigenvalue weighted by Gasteiger charge is -2.35. The van der Waals surface area contributed by atoms with Gasteiger partial charge in [0.1, 0.15) is 0 Å². The standard InChI is InChI=1S/C27H34N4O/c1-21-18-25(22(2)31(21)19-23-10-6-4-7-11-23)27(32)28-26(24-12-8-5-9-13-24)20-30-16-14-29(3)15-17-30/h4-13,18,26H,14-17,19-20H2,1-3H3,(H,28,32). The maximum Gasteiger partial charge on any atom is 0.253 e. The molecule has 5 heteroatoms. The number of carbonyl (C=O) groups is 1. The average Bonchev–Trinajstić information content (AvgIpc) is 3.10. The molecule has 0 aliphatic carbocycles. The number of amides is 1. The predicted octanol–water partition coefficient (Wildman–Crippen LogP) is 3.87. The Labute approximate surface area is 191 Å². The summed E-state index contributed by atoms with van der Waals surface area (Å²) in [6.07, 6.45) is 0. The highest BCUT2D eigenvalue weighted by molar-refractivity contribution is 5.96. The molecule has 0 saturated carbocycles. The van der Waals surface area contributed by atoms with Crippen LogP contribution in [0.25, 0.3) is 0 Å². The van der Waals surface area contributed by atoms with Gasteiger partial charge in [-0.15, -0.1) is 0 Å². The third-order valence-electron chi connectivity index (χ3n) is 6.55. The van der Waals surface area contributed by atoms with E-state index < -0.39 is 0 Å². The molecule has 168 valence electrons. The maximum atomic E-state index is 13.4. The van der Waals surface area contributed by atoms with Crippen LogP contribution >= 0.6 is 0 Å². The molecule has 1 N–H and O–H groups in total. The SMILES string of the molecule is Cc1cc(C(=O)NC(CN2CCN(C)CC2)c2ccccc2)c(C)n1Cc1ccccc1. The fourth-order valence-corrected chi connectivity index (χ4v) is 4.48. The van der Waals surface area contributed by atoms with Crippen molar-refractivity contribution in [3.8, 4) is 0 Å². The van der Waals surface area contributed by atoms with Crippen molar-refractivity contribution >= 4 is 5.91 Å². The number of aromatic nitrogens is 1. The summed E-state index contributed by atoms with van der Waals surface area (Å²) in [5, 5.41) is 3.35. The summed E-state index contributed by atoms with van der Waals surface area (Å²) < 4.78 is 2.22. The van der Waals surface area contributed by atoms with Gasteiger partial charge in [-0.2, -0.15) is 0 Å². The molecule has 1 unspecified atom stereocenters. The average molecular weight is 431 g/mol. The Bertz CT molecular complexity index is 1020. The molecule has 1 atom stereocenters. The minimum Gasteiger partial charge on any atom is -0.344 e. The first kappa shape index (κ1) is 22.3. The molecular weight excluding hydrogens is 396 g/mol. The van der Waals surface area contributed by atoms with Crippen LogP contribution in [0.3, 0.4) is 0 Å². The molecule has 32 heavy (non-hydrogen) atoms. The largest absolute Gasteiger partial charge is 0.344 e. The van der Waals surface area contributed by atoms with Crippen LogP contribution in [0.15, 0.2) is 66.7 Å². The van der Waals surface area contributed by atoms with Crippen molar-refractivity contribution < 1.29 is 4.79 Å².